The fourth-order valence-corrected chi connectivity index (χ4v) is 4.15. The van der Waals surface area contributed by atoms with E-state index in [1.807, 2.05) is 30.3 Å². The molecule has 6 nitrogen and oxygen atoms in total. The monoisotopic (exact) mass is 388 g/mol. The van der Waals surface area contributed by atoms with E-state index in [0.717, 1.165) is 18.4 Å². The minimum Gasteiger partial charge on any atom is -0.377 e. The summed E-state index contributed by atoms with van der Waals surface area (Å²) in [6.45, 7) is 1.37. The van der Waals surface area contributed by atoms with Crippen LogP contribution in [0.5, 0.6) is 0 Å². The zero-order valence-corrected chi connectivity index (χ0v) is 16.1. The van der Waals surface area contributed by atoms with Gasteiger partial charge in [-0.15, -0.1) is 0 Å². The van der Waals surface area contributed by atoms with Crippen LogP contribution in [0.3, 0.4) is 0 Å². The third-order valence-corrected chi connectivity index (χ3v) is 5.95. The zero-order chi connectivity index (χ0) is 19.3. The molecule has 144 valence electrons. The van der Waals surface area contributed by atoms with Crippen LogP contribution in [0.25, 0.3) is 0 Å². The zero-order valence-electron chi connectivity index (χ0n) is 15.3. The van der Waals surface area contributed by atoms with Gasteiger partial charge in [-0.2, -0.15) is 0 Å². The Kier molecular flexibility index (Phi) is 6.26. The lowest BCUT2D eigenvalue weighted by atomic mass is 10.1. The molecular weight excluding hydrogens is 364 g/mol. The highest BCUT2D eigenvalue weighted by Crippen LogP contribution is 2.16. The first-order chi connectivity index (χ1) is 13.0. The summed E-state index contributed by atoms with van der Waals surface area (Å²) in [5.74, 6) is -0.227. The summed E-state index contributed by atoms with van der Waals surface area (Å²) < 4.78 is 33.1. The van der Waals surface area contributed by atoms with E-state index in [1.165, 1.54) is 12.1 Å². The Morgan fingerprint density at radius 3 is 2.67 bits per heavy atom. The highest BCUT2D eigenvalue weighted by Gasteiger charge is 2.21. The highest BCUT2D eigenvalue weighted by molar-refractivity contribution is 7.89. The van der Waals surface area contributed by atoms with Gasteiger partial charge in [-0.3, -0.25) is 4.79 Å². The van der Waals surface area contributed by atoms with Crippen molar-refractivity contribution in [1.29, 1.82) is 0 Å². The van der Waals surface area contributed by atoms with E-state index in [2.05, 4.69) is 4.72 Å². The van der Waals surface area contributed by atoms with Gasteiger partial charge in [0.15, 0.2) is 0 Å². The van der Waals surface area contributed by atoms with Gasteiger partial charge in [0.2, 0.25) is 10.0 Å². The number of rotatable bonds is 7. The topological polar surface area (TPSA) is 75.7 Å². The average molecular weight is 388 g/mol. The average Bonchev–Trinajstić information content (AvgIpc) is 3.20. The molecule has 0 bridgehead atoms. The van der Waals surface area contributed by atoms with Gasteiger partial charge < -0.3 is 9.64 Å². The molecule has 0 aliphatic carbocycles. The van der Waals surface area contributed by atoms with Crippen molar-refractivity contribution in [2.45, 2.75) is 30.4 Å². The first kappa shape index (κ1) is 19.5. The summed E-state index contributed by atoms with van der Waals surface area (Å²) in [6, 6.07) is 15.8. The maximum atomic E-state index is 12.7. The molecule has 1 unspecified atom stereocenters. The van der Waals surface area contributed by atoms with E-state index >= 15 is 0 Å². The second-order valence-corrected chi connectivity index (χ2v) is 8.43. The quantitative estimate of drug-likeness (QED) is 0.790. The van der Waals surface area contributed by atoms with Gasteiger partial charge in [0, 0.05) is 32.3 Å². The number of carbonyl (C=O) groups excluding carboxylic acids is 1. The van der Waals surface area contributed by atoms with Crippen LogP contribution in [-0.2, 0) is 21.3 Å². The number of amides is 1. The van der Waals surface area contributed by atoms with Crippen molar-refractivity contribution >= 4 is 15.9 Å². The third kappa shape index (κ3) is 5.15. The molecule has 1 aliphatic heterocycles. The Morgan fingerprint density at radius 1 is 1.19 bits per heavy atom. The van der Waals surface area contributed by atoms with Gasteiger partial charge >= 0.3 is 0 Å². The highest BCUT2D eigenvalue weighted by atomic mass is 32.2. The Bertz CT molecular complexity index is 878. The Morgan fingerprint density at radius 2 is 1.96 bits per heavy atom. The molecule has 0 saturated carbocycles. The molecule has 1 saturated heterocycles. The molecule has 0 aromatic heterocycles. The van der Waals surface area contributed by atoms with Crippen LogP contribution in [0, 0.1) is 0 Å². The summed E-state index contributed by atoms with van der Waals surface area (Å²) in [6.07, 6.45) is 1.72. The molecule has 1 amide bonds. The van der Waals surface area contributed by atoms with E-state index in [9.17, 15) is 13.2 Å². The molecule has 1 aliphatic rings. The van der Waals surface area contributed by atoms with Crippen molar-refractivity contribution in [2.75, 3.05) is 20.2 Å². The van der Waals surface area contributed by atoms with Gasteiger partial charge in [0.1, 0.15) is 0 Å². The molecule has 1 N–H and O–H groups in total. The summed E-state index contributed by atoms with van der Waals surface area (Å²) in [5.41, 5.74) is 1.35. The maximum absolute atomic E-state index is 12.7. The predicted octanol–water partition coefficient (Wildman–Crippen LogP) is 2.42. The fraction of sp³-hybridized carbons (Fsp3) is 0.350. The van der Waals surface area contributed by atoms with Crippen LogP contribution in [0.4, 0.5) is 0 Å². The van der Waals surface area contributed by atoms with Crippen molar-refractivity contribution in [3.63, 3.8) is 0 Å². The molecule has 1 atom stereocenters. The molecule has 1 heterocycles. The molecule has 0 radical (unpaired) electrons. The second kappa shape index (κ2) is 8.65. The van der Waals surface area contributed by atoms with Crippen molar-refractivity contribution in [2.24, 2.45) is 0 Å². The number of hydrogen-bond acceptors (Lipinski definition) is 4. The van der Waals surface area contributed by atoms with Crippen molar-refractivity contribution < 1.29 is 17.9 Å². The largest absolute Gasteiger partial charge is 0.377 e. The standard InChI is InChI=1S/C20H24N2O4S/c1-22(15-16-7-3-2-4-8-16)20(23)17-9-5-11-19(13-17)27(24,25)21-14-18-10-6-12-26-18/h2-5,7-9,11,13,18,21H,6,10,12,14-15H2,1H3. The van der Waals surface area contributed by atoms with Gasteiger partial charge in [0.25, 0.3) is 5.91 Å². The lowest BCUT2D eigenvalue weighted by molar-refractivity contribution is 0.0785. The number of ether oxygens (including phenoxy) is 1. The van der Waals surface area contributed by atoms with E-state index in [1.54, 1.807) is 24.1 Å². The summed E-state index contributed by atoms with van der Waals surface area (Å²) in [7, 11) is -1.99. The van der Waals surface area contributed by atoms with Crippen LogP contribution in [0.1, 0.15) is 28.8 Å². The number of hydrogen-bond donors (Lipinski definition) is 1. The SMILES string of the molecule is CN(Cc1ccccc1)C(=O)c1cccc(S(=O)(=O)NCC2CCCO2)c1. The van der Waals surface area contributed by atoms with E-state index < -0.39 is 10.0 Å². The number of carbonyl (C=O) groups is 1. The number of benzene rings is 2. The Hall–Kier alpha value is -2.22. The van der Waals surface area contributed by atoms with Crippen molar-refractivity contribution in [1.82, 2.24) is 9.62 Å². The lowest BCUT2D eigenvalue weighted by Gasteiger charge is -2.18. The Balaban J connectivity index is 1.69. The number of sulfonamides is 1. The normalized spacial score (nSPS) is 17.0. The van der Waals surface area contributed by atoms with Crippen molar-refractivity contribution in [3.05, 3.63) is 65.7 Å². The first-order valence-electron chi connectivity index (χ1n) is 8.96. The summed E-state index contributed by atoms with van der Waals surface area (Å²) in [4.78, 5) is 14.3. The third-order valence-electron chi connectivity index (χ3n) is 4.53. The first-order valence-corrected chi connectivity index (χ1v) is 10.4. The predicted molar refractivity (Wildman–Crippen MR) is 103 cm³/mol. The van der Waals surface area contributed by atoms with E-state index in [-0.39, 0.29) is 23.5 Å². The number of nitrogens with zero attached hydrogens (tertiary/aromatic N) is 1. The van der Waals surface area contributed by atoms with Crippen LogP contribution in [0.2, 0.25) is 0 Å². The number of nitrogens with one attached hydrogen (secondary N) is 1. The van der Waals surface area contributed by atoms with Gasteiger partial charge in [-0.05, 0) is 36.6 Å². The van der Waals surface area contributed by atoms with Crippen molar-refractivity contribution in [3.8, 4) is 0 Å². The molecule has 1 fully saturated rings. The van der Waals surface area contributed by atoms with Crippen LogP contribution < -0.4 is 4.72 Å². The summed E-state index contributed by atoms with van der Waals surface area (Å²) in [5, 5.41) is 0. The van der Waals surface area contributed by atoms with Crippen LogP contribution >= 0.6 is 0 Å². The second-order valence-electron chi connectivity index (χ2n) is 6.66. The molecule has 27 heavy (non-hydrogen) atoms. The molecule has 2 aromatic rings. The van der Waals surface area contributed by atoms with Gasteiger partial charge in [-0.1, -0.05) is 36.4 Å². The van der Waals surface area contributed by atoms with Crippen LogP contribution in [0.15, 0.2) is 59.5 Å². The minimum absolute atomic E-state index is 0.0819. The molecule has 3 rings (SSSR count). The molecular formula is C20H24N2O4S. The Labute approximate surface area is 160 Å². The van der Waals surface area contributed by atoms with Crippen LogP contribution in [-0.4, -0.2) is 45.5 Å². The molecule has 0 spiro atoms. The van der Waals surface area contributed by atoms with E-state index in [4.69, 9.17) is 4.74 Å². The van der Waals surface area contributed by atoms with E-state index in [0.29, 0.717) is 18.7 Å². The molecule has 7 heteroatoms. The fourth-order valence-electron chi connectivity index (χ4n) is 3.04. The van der Waals surface area contributed by atoms with Gasteiger partial charge in [-0.25, -0.2) is 13.1 Å². The lowest BCUT2D eigenvalue weighted by Crippen LogP contribution is -2.32. The smallest absolute Gasteiger partial charge is 0.253 e. The minimum atomic E-state index is -3.69. The summed E-state index contributed by atoms with van der Waals surface area (Å²) >= 11 is 0. The van der Waals surface area contributed by atoms with Gasteiger partial charge in [0.05, 0.1) is 11.0 Å². The molecule has 2 aromatic carbocycles. The maximum Gasteiger partial charge on any atom is 0.253 e.